The number of benzene rings is 5. The number of fused-ring (bicyclic) bond motifs is 2. The number of nitrogens with two attached hydrogens (primary N) is 1. The maximum atomic E-state index is 15.0. The Balaban J connectivity index is 1.20. The summed E-state index contributed by atoms with van der Waals surface area (Å²) in [4.78, 5) is 27.4. The van der Waals surface area contributed by atoms with Crippen molar-refractivity contribution in [2.24, 2.45) is 5.73 Å². The van der Waals surface area contributed by atoms with E-state index in [0.29, 0.717) is 28.8 Å². The summed E-state index contributed by atoms with van der Waals surface area (Å²) in [6.07, 6.45) is 1.75. The maximum Gasteiger partial charge on any atom is 0.251 e. The molecule has 0 saturated carbocycles. The number of anilines is 1. The van der Waals surface area contributed by atoms with E-state index >= 15 is 4.39 Å². The van der Waals surface area contributed by atoms with E-state index in [0.717, 1.165) is 47.2 Å². The standard InChI is InChI=1S/C36H32FN3O2/c1-23(25-13-12-24-7-2-3-8-26(24)19-25)39-36(42)29-15-17-34-28(21-29)9-6-18-40(34)22-30-20-27(14-16-33(30)37)31-10-4-5-11-32(31)35(38)41/h2-5,7-8,10-17,19-21,23H,6,9,18,22H2,1H3,(H2,38,41)(H,39,42). The Bertz CT molecular complexity index is 1820. The smallest absolute Gasteiger partial charge is 0.251 e. The maximum absolute atomic E-state index is 15.0. The number of rotatable bonds is 7. The highest BCUT2D eigenvalue weighted by molar-refractivity contribution is 6.00. The van der Waals surface area contributed by atoms with Crippen molar-refractivity contribution in [2.75, 3.05) is 11.4 Å². The van der Waals surface area contributed by atoms with E-state index in [9.17, 15) is 9.59 Å². The summed E-state index contributed by atoms with van der Waals surface area (Å²) in [5.41, 5.74) is 11.7. The second-order valence-corrected chi connectivity index (χ2v) is 10.9. The van der Waals surface area contributed by atoms with Crippen LogP contribution < -0.4 is 16.0 Å². The normalized spacial score (nSPS) is 13.4. The Morgan fingerprint density at radius 2 is 1.69 bits per heavy atom. The van der Waals surface area contributed by atoms with Crippen LogP contribution in [0, 0.1) is 5.82 Å². The molecular formula is C36H32FN3O2. The molecule has 5 aromatic rings. The number of primary amides is 1. The van der Waals surface area contributed by atoms with E-state index < -0.39 is 5.91 Å². The van der Waals surface area contributed by atoms with Crippen LogP contribution in [-0.4, -0.2) is 18.4 Å². The van der Waals surface area contributed by atoms with Crippen LogP contribution in [-0.2, 0) is 13.0 Å². The molecule has 2 amide bonds. The van der Waals surface area contributed by atoms with Gasteiger partial charge in [0.25, 0.3) is 5.91 Å². The quantitative estimate of drug-likeness (QED) is 0.222. The Morgan fingerprint density at radius 3 is 2.52 bits per heavy atom. The van der Waals surface area contributed by atoms with Gasteiger partial charge in [0.05, 0.1) is 6.04 Å². The van der Waals surface area contributed by atoms with Crippen LogP contribution in [0.25, 0.3) is 21.9 Å². The molecule has 0 radical (unpaired) electrons. The predicted octanol–water partition coefficient (Wildman–Crippen LogP) is 7.19. The van der Waals surface area contributed by atoms with Crippen LogP contribution in [0.5, 0.6) is 0 Å². The largest absolute Gasteiger partial charge is 0.367 e. The zero-order valence-electron chi connectivity index (χ0n) is 23.4. The molecule has 0 saturated heterocycles. The third kappa shape index (κ3) is 5.48. The molecule has 0 fully saturated rings. The third-order valence-corrected chi connectivity index (χ3v) is 8.09. The highest BCUT2D eigenvalue weighted by Crippen LogP contribution is 2.32. The van der Waals surface area contributed by atoms with Crippen molar-refractivity contribution in [1.29, 1.82) is 0 Å². The fourth-order valence-corrected chi connectivity index (χ4v) is 5.84. The van der Waals surface area contributed by atoms with E-state index in [1.54, 1.807) is 24.3 Å². The van der Waals surface area contributed by atoms with Gasteiger partial charge in [-0.25, -0.2) is 4.39 Å². The van der Waals surface area contributed by atoms with Gasteiger partial charge in [0, 0.05) is 35.5 Å². The fraction of sp³-hybridized carbons (Fsp3) is 0.167. The molecule has 210 valence electrons. The number of halogens is 1. The molecular weight excluding hydrogens is 525 g/mol. The zero-order valence-corrected chi connectivity index (χ0v) is 23.4. The number of carbonyl (C=O) groups excluding carboxylic acids is 2. The molecule has 0 spiro atoms. The minimum absolute atomic E-state index is 0.123. The van der Waals surface area contributed by atoms with Gasteiger partial charge in [0.2, 0.25) is 5.91 Å². The van der Waals surface area contributed by atoms with Gasteiger partial charge in [-0.05, 0) is 95.3 Å². The predicted molar refractivity (Wildman–Crippen MR) is 166 cm³/mol. The Labute approximate surface area is 244 Å². The van der Waals surface area contributed by atoms with E-state index in [4.69, 9.17) is 5.73 Å². The van der Waals surface area contributed by atoms with Gasteiger partial charge >= 0.3 is 0 Å². The van der Waals surface area contributed by atoms with Crippen molar-refractivity contribution in [3.63, 3.8) is 0 Å². The minimum Gasteiger partial charge on any atom is -0.367 e. The number of aryl methyl sites for hydroxylation is 1. The molecule has 1 heterocycles. The third-order valence-electron chi connectivity index (χ3n) is 8.09. The molecule has 42 heavy (non-hydrogen) atoms. The summed E-state index contributed by atoms with van der Waals surface area (Å²) in [6, 6.07) is 32.1. The van der Waals surface area contributed by atoms with Gasteiger partial charge in [-0.1, -0.05) is 60.7 Å². The second kappa shape index (κ2) is 11.5. The Kier molecular flexibility index (Phi) is 7.44. The van der Waals surface area contributed by atoms with E-state index in [2.05, 4.69) is 40.5 Å². The lowest BCUT2D eigenvalue weighted by molar-refractivity contribution is 0.0938. The summed E-state index contributed by atoms with van der Waals surface area (Å²) in [5.74, 6) is -0.948. The number of amides is 2. The van der Waals surface area contributed by atoms with Crippen LogP contribution in [0.2, 0.25) is 0 Å². The van der Waals surface area contributed by atoms with E-state index in [1.807, 2.05) is 49.4 Å². The summed E-state index contributed by atoms with van der Waals surface area (Å²) in [5, 5.41) is 5.45. The first kappa shape index (κ1) is 27.2. The van der Waals surface area contributed by atoms with Crippen molar-refractivity contribution in [1.82, 2.24) is 5.32 Å². The van der Waals surface area contributed by atoms with Gasteiger partial charge in [-0.3, -0.25) is 9.59 Å². The van der Waals surface area contributed by atoms with Crippen molar-refractivity contribution in [3.05, 3.63) is 137 Å². The van der Waals surface area contributed by atoms with Crippen LogP contribution in [0.4, 0.5) is 10.1 Å². The summed E-state index contributed by atoms with van der Waals surface area (Å²) < 4.78 is 15.0. The summed E-state index contributed by atoms with van der Waals surface area (Å²) in [7, 11) is 0. The van der Waals surface area contributed by atoms with Crippen molar-refractivity contribution >= 4 is 28.3 Å². The number of nitrogens with zero attached hydrogens (tertiary/aromatic N) is 1. The monoisotopic (exact) mass is 557 g/mol. The molecule has 1 aliphatic rings. The van der Waals surface area contributed by atoms with Crippen molar-refractivity contribution < 1.29 is 14.0 Å². The molecule has 0 aliphatic carbocycles. The number of carbonyl (C=O) groups is 2. The Hall–Kier alpha value is -4.97. The molecule has 0 bridgehead atoms. The molecule has 6 rings (SSSR count). The second-order valence-electron chi connectivity index (χ2n) is 10.9. The molecule has 3 N–H and O–H groups in total. The van der Waals surface area contributed by atoms with Gasteiger partial charge in [-0.15, -0.1) is 0 Å². The van der Waals surface area contributed by atoms with Crippen LogP contribution in [0.1, 0.15) is 56.8 Å². The van der Waals surface area contributed by atoms with Gasteiger partial charge in [0.1, 0.15) is 5.82 Å². The first-order chi connectivity index (χ1) is 20.4. The van der Waals surface area contributed by atoms with Crippen LogP contribution >= 0.6 is 0 Å². The topological polar surface area (TPSA) is 75.4 Å². The summed E-state index contributed by atoms with van der Waals surface area (Å²) in [6.45, 7) is 3.14. The molecule has 5 nitrogen and oxygen atoms in total. The molecule has 0 aromatic heterocycles. The average Bonchev–Trinajstić information content (AvgIpc) is 3.01. The molecule has 1 atom stereocenters. The van der Waals surface area contributed by atoms with Crippen molar-refractivity contribution in [3.8, 4) is 11.1 Å². The fourth-order valence-electron chi connectivity index (χ4n) is 5.84. The van der Waals surface area contributed by atoms with E-state index in [-0.39, 0.29) is 17.8 Å². The lowest BCUT2D eigenvalue weighted by Gasteiger charge is -2.32. The van der Waals surface area contributed by atoms with Crippen LogP contribution in [0.15, 0.2) is 103 Å². The summed E-state index contributed by atoms with van der Waals surface area (Å²) >= 11 is 0. The highest BCUT2D eigenvalue weighted by atomic mass is 19.1. The van der Waals surface area contributed by atoms with E-state index in [1.165, 1.54) is 11.5 Å². The highest BCUT2D eigenvalue weighted by Gasteiger charge is 2.21. The van der Waals surface area contributed by atoms with Gasteiger partial charge in [-0.2, -0.15) is 0 Å². The number of hydrogen-bond acceptors (Lipinski definition) is 3. The first-order valence-corrected chi connectivity index (χ1v) is 14.2. The molecule has 6 heteroatoms. The number of nitrogens with one attached hydrogen (secondary N) is 1. The van der Waals surface area contributed by atoms with Gasteiger partial charge < -0.3 is 16.0 Å². The molecule has 1 aliphatic heterocycles. The minimum atomic E-state index is -0.520. The SMILES string of the molecule is CC(NC(=O)c1ccc2c(c1)CCCN2Cc1cc(-c2ccccc2C(N)=O)ccc1F)c1ccc2ccccc2c1. The molecule has 5 aromatic carbocycles. The van der Waals surface area contributed by atoms with Gasteiger partial charge in [0.15, 0.2) is 0 Å². The lowest BCUT2D eigenvalue weighted by Crippen LogP contribution is -2.30. The zero-order chi connectivity index (χ0) is 29.2. The average molecular weight is 558 g/mol. The van der Waals surface area contributed by atoms with Crippen LogP contribution in [0.3, 0.4) is 0 Å². The molecule has 1 unspecified atom stereocenters. The first-order valence-electron chi connectivity index (χ1n) is 14.2. The Morgan fingerprint density at radius 1 is 0.905 bits per heavy atom. The van der Waals surface area contributed by atoms with Crippen molar-refractivity contribution in [2.45, 2.75) is 32.4 Å². The lowest BCUT2D eigenvalue weighted by atomic mass is 9.96. The number of hydrogen-bond donors (Lipinski definition) is 2.